The molecule has 2 N–H and O–H groups in total. The van der Waals surface area contributed by atoms with Gasteiger partial charge in [0, 0.05) is 10.7 Å². The van der Waals surface area contributed by atoms with Crippen LogP contribution in [0.5, 0.6) is 5.75 Å². The molecule has 0 bridgehead atoms. The third kappa shape index (κ3) is 3.46. The lowest BCUT2D eigenvalue weighted by atomic mass is 9.92. The maximum Gasteiger partial charge on any atom is 0.124 e. The van der Waals surface area contributed by atoms with Crippen molar-refractivity contribution in [2.75, 3.05) is 19.0 Å². The molecular formula is C16H17ClFNO2. The van der Waals surface area contributed by atoms with Crippen LogP contribution in [0.15, 0.2) is 42.5 Å². The number of aliphatic hydroxyl groups excluding tert-OH is 1. The van der Waals surface area contributed by atoms with Gasteiger partial charge in [0.1, 0.15) is 11.6 Å². The van der Waals surface area contributed by atoms with Crippen molar-refractivity contribution < 1.29 is 14.2 Å². The predicted molar refractivity (Wildman–Crippen MR) is 82.5 cm³/mol. The van der Waals surface area contributed by atoms with Crippen molar-refractivity contribution in [2.45, 2.75) is 12.5 Å². The molecule has 0 aromatic heterocycles. The molecule has 0 aliphatic carbocycles. The second-order valence-corrected chi connectivity index (χ2v) is 5.38. The number of benzene rings is 2. The van der Waals surface area contributed by atoms with E-state index >= 15 is 0 Å². The fourth-order valence-electron chi connectivity index (χ4n) is 2.12. The Labute approximate surface area is 128 Å². The SMILES string of the molecule is COc1ccc(NC(C)(CO)c2ccc(F)cc2Cl)cc1. The van der Waals surface area contributed by atoms with Gasteiger partial charge < -0.3 is 15.2 Å². The number of hydrogen-bond acceptors (Lipinski definition) is 3. The molecule has 3 nitrogen and oxygen atoms in total. The quantitative estimate of drug-likeness (QED) is 0.882. The smallest absolute Gasteiger partial charge is 0.124 e. The Balaban J connectivity index is 2.31. The molecule has 0 amide bonds. The zero-order valence-electron chi connectivity index (χ0n) is 11.9. The summed E-state index contributed by atoms with van der Waals surface area (Å²) >= 11 is 6.10. The summed E-state index contributed by atoms with van der Waals surface area (Å²) in [6.07, 6.45) is 0. The van der Waals surface area contributed by atoms with Crippen molar-refractivity contribution in [3.05, 3.63) is 58.9 Å². The first-order chi connectivity index (χ1) is 9.98. The molecule has 112 valence electrons. The lowest BCUT2D eigenvalue weighted by Crippen LogP contribution is -2.36. The maximum absolute atomic E-state index is 13.2. The van der Waals surface area contributed by atoms with Crippen molar-refractivity contribution in [1.82, 2.24) is 0 Å². The van der Waals surface area contributed by atoms with Gasteiger partial charge in [0.2, 0.25) is 0 Å². The Kier molecular flexibility index (Phi) is 4.70. The first-order valence-electron chi connectivity index (χ1n) is 6.47. The van der Waals surface area contributed by atoms with E-state index in [9.17, 15) is 9.50 Å². The van der Waals surface area contributed by atoms with E-state index in [0.717, 1.165) is 11.4 Å². The Morgan fingerprint density at radius 1 is 1.24 bits per heavy atom. The molecule has 0 aliphatic heterocycles. The average Bonchev–Trinajstić information content (AvgIpc) is 2.47. The lowest BCUT2D eigenvalue weighted by Gasteiger charge is -2.31. The van der Waals surface area contributed by atoms with Gasteiger partial charge in [-0.15, -0.1) is 0 Å². The molecule has 2 aromatic carbocycles. The van der Waals surface area contributed by atoms with Gasteiger partial charge >= 0.3 is 0 Å². The predicted octanol–water partition coefficient (Wildman–Crippen LogP) is 3.81. The van der Waals surface area contributed by atoms with Crippen LogP contribution < -0.4 is 10.1 Å². The molecular weight excluding hydrogens is 293 g/mol. The van der Waals surface area contributed by atoms with Gasteiger partial charge in [-0.3, -0.25) is 0 Å². The Morgan fingerprint density at radius 2 is 1.90 bits per heavy atom. The summed E-state index contributed by atoms with van der Waals surface area (Å²) in [4.78, 5) is 0. The lowest BCUT2D eigenvalue weighted by molar-refractivity contribution is 0.224. The van der Waals surface area contributed by atoms with E-state index in [4.69, 9.17) is 16.3 Å². The molecule has 0 saturated heterocycles. The normalized spacial score (nSPS) is 13.6. The van der Waals surface area contributed by atoms with Gasteiger partial charge in [-0.05, 0) is 48.9 Å². The highest BCUT2D eigenvalue weighted by atomic mass is 35.5. The van der Waals surface area contributed by atoms with Crippen LogP contribution in [0.2, 0.25) is 5.02 Å². The molecule has 0 fully saturated rings. The second kappa shape index (κ2) is 6.33. The van der Waals surface area contributed by atoms with Gasteiger partial charge in [-0.25, -0.2) is 4.39 Å². The van der Waals surface area contributed by atoms with Crippen LogP contribution in [0.3, 0.4) is 0 Å². The van der Waals surface area contributed by atoms with E-state index < -0.39 is 11.4 Å². The summed E-state index contributed by atoms with van der Waals surface area (Å²) in [6.45, 7) is 1.61. The van der Waals surface area contributed by atoms with Crippen LogP contribution in [-0.4, -0.2) is 18.8 Å². The third-order valence-electron chi connectivity index (χ3n) is 3.35. The van der Waals surface area contributed by atoms with Crippen LogP contribution >= 0.6 is 11.6 Å². The van der Waals surface area contributed by atoms with Gasteiger partial charge in [0.25, 0.3) is 0 Å². The Bertz CT molecular complexity index is 618. The van der Waals surface area contributed by atoms with Crippen molar-refractivity contribution >= 4 is 17.3 Å². The molecule has 0 saturated carbocycles. The fourth-order valence-corrected chi connectivity index (χ4v) is 2.50. The van der Waals surface area contributed by atoms with Crippen LogP contribution in [0.4, 0.5) is 10.1 Å². The largest absolute Gasteiger partial charge is 0.497 e. The van der Waals surface area contributed by atoms with Crippen molar-refractivity contribution in [2.24, 2.45) is 0 Å². The minimum absolute atomic E-state index is 0.190. The van der Waals surface area contributed by atoms with E-state index in [2.05, 4.69) is 5.32 Å². The number of nitrogens with one attached hydrogen (secondary N) is 1. The van der Waals surface area contributed by atoms with Crippen LogP contribution in [0, 0.1) is 5.82 Å². The third-order valence-corrected chi connectivity index (χ3v) is 3.66. The van der Waals surface area contributed by atoms with Crippen LogP contribution in [0.25, 0.3) is 0 Å². The number of hydrogen-bond donors (Lipinski definition) is 2. The minimum Gasteiger partial charge on any atom is -0.497 e. The molecule has 21 heavy (non-hydrogen) atoms. The number of rotatable bonds is 5. The minimum atomic E-state index is -0.820. The van der Waals surface area contributed by atoms with Crippen molar-refractivity contribution in [3.63, 3.8) is 0 Å². The standard InChI is InChI=1S/C16H17ClFNO2/c1-16(10-20,14-8-3-11(18)9-15(14)17)19-12-4-6-13(21-2)7-5-12/h3-9,19-20H,10H2,1-2H3. The Morgan fingerprint density at radius 3 is 2.43 bits per heavy atom. The molecule has 0 aliphatic rings. The van der Waals surface area contributed by atoms with Crippen molar-refractivity contribution in [1.29, 1.82) is 0 Å². The first kappa shape index (κ1) is 15.6. The summed E-state index contributed by atoms with van der Waals surface area (Å²) in [5.41, 5.74) is 0.607. The highest BCUT2D eigenvalue weighted by molar-refractivity contribution is 6.31. The molecule has 1 atom stereocenters. The zero-order chi connectivity index (χ0) is 15.5. The summed E-state index contributed by atoms with van der Waals surface area (Å²) in [5.74, 6) is 0.333. The number of halogens is 2. The first-order valence-corrected chi connectivity index (χ1v) is 6.85. The topological polar surface area (TPSA) is 41.5 Å². The van der Waals surface area contributed by atoms with E-state index in [0.29, 0.717) is 5.56 Å². The van der Waals surface area contributed by atoms with Gasteiger partial charge in [-0.1, -0.05) is 17.7 Å². The van der Waals surface area contributed by atoms with Crippen LogP contribution in [-0.2, 0) is 5.54 Å². The van der Waals surface area contributed by atoms with Gasteiger partial charge in [0.15, 0.2) is 0 Å². The zero-order valence-corrected chi connectivity index (χ0v) is 12.6. The Hall–Kier alpha value is -1.78. The van der Waals surface area contributed by atoms with Gasteiger partial charge in [-0.2, -0.15) is 0 Å². The highest BCUT2D eigenvalue weighted by Gasteiger charge is 2.28. The average molecular weight is 310 g/mol. The van der Waals surface area contributed by atoms with E-state index in [1.54, 1.807) is 20.1 Å². The molecule has 2 aromatic rings. The second-order valence-electron chi connectivity index (χ2n) is 4.97. The number of methoxy groups -OCH3 is 1. The summed E-state index contributed by atoms with van der Waals surface area (Å²) in [7, 11) is 1.60. The molecule has 0 radical (unpaired) electrons. The molecule has 0 spiro atoms. The van der Waals surface area contributed by atoms with Gasteiger partial charge in [0.05, 0.1) is 19.3 Å². The number of aliphatic hydroxyl groups is 1. The fraction of sp³-hybridized carbons (Fsp3) is 0.250. The van der Waals surface area contributed by atoms with E-state index in [1.807, 2.05) is 24.3 Å². The van der Waals surface area contributed by atoms with Crippen LogP contribution in [0.1, 0.15) is 12.5 Å². The summed E-state index contributed by atoms with van der Waals surface area (Å²) < 4.78 is 18.3. The van der Waals surface area contributed by atoms with E-state index in [1.165, 1.54) is 12.1 Å². The van der Waals surface area contributed by atoms with E-state index in [-0.39, 0.29) is 11.6 Å². The molecule has 0 heterocycles. The summed E-state index contributed by atoms with van der Waals surface area (Å²) in [5, 5.41) is 13.2. The maximum atomic E-state index is 13.2. The molecule has 5 heteroatoms. The number of anilines is 1. The molecule has 2 rings (SSSR count). The number of ether oxygens (including phenoxy) is 1. The highest BCUT2D eigenvalue weighted by Crippen LogP contribution is 2.32. The van der Waals surface area contributed by atoms with Crippen molar-refractivity contribution in [3.8, 4) is 5.75 Å². The summed E-state index contributed by atoms with van der Waals surface area (Å²) in [6, 6.07) is 11.4. The molecule has 1 unspecified atom stereocenters. The monoisotopic (exact) mass is 309 g/mol.